The molecule has 16 rings (SSSR count). The Kier molecular flexibility index (Phi) is 27.0. The number of ether oxygens (including phenoxy) is 6. The molecule has 15 bridgehead atoms. The third-order valence-electron chi connectivity index (χ3n) is 23.2. The van der Waals surface area contributed by atoms with Crippen molar-refractivity contribution in [3.8, 4) is 68.6 Å². The van der Waals surface area contributed by atoms with E-state index in [2.05, 4.69) is 53.2 Å². The van der Waals surface area contributed by atoms with Crippen LogP contribution in [0.5, 0.6) is 57.5 Å². The van der Waals surface area contributed by atoms with Gasteiger partial charge in [0.1, 0.15) is 113 Å². The van der Waals surface area contributed by atoms with Crippen LogP contribution in [0.3, 0.4) is 0 Å². The Balaban J connectivity index is 0.987. The van der Waals surface area contributed by atoms with E-state index in [1.165, 1.54) is 50.4 Å². The third kappa shape index (κ3) is 19.1. The molecule has 0 unspecified atom stereocenters. The molecule has 0 radical (unpaired) electrons. The minimum atomic E-state index is -2.36. The summed E-state index contributed by atoms with van der Waals surface area (Å²) in [5.74, 6) is -12.3. The number of phenols is 3. The van der Waals surface area contributed by atoms with Gasteiger partial charge in [-0.25, -0.2) is 4.79 Å². The van der Waals surface area contributed by atoms with Crippen LogP contribution in [0.4, 0.5) is 10.5 Å². The summed E-state index contributed by atoms with van der Waals surface area (Å²) in [6.07, 6.45) is -7.16. The van der Waals surface area contributed by atoms with Crippen molar-refractivity contribution in [1.82, 2.24) is 47.9 Å². The summed E-state index contributed by atoms with van der Waals surface area (Å²) < 4.78 is 37.9. The molecule has 20 N–H and O–H groups in total. The first-order valence-electron chi connectivity index (χ1n) is 40.4. The van der Waals surface area contributed by atoms with Gasteiger partial charge in [-0.2, -0.15) is 0 Å². The van der Waals surface area contributed by atoms with Crippen LogP contribution >= 0.6 is 11.6 Å². The number of hydrogen-bond acceptors (Lipinski definition) is 25. The van der Waals surface area contributed by atoms with Crippen LogP contribution in [-0.2, 0) is 43.1 Å². The number of halogens is 1. The molecule has 642 valence electrons. The summed E-state index contributed by atoms with van der Waals surface area (Å²) in [7, 11) is 1.50. The predicted molar refractivity (Wildman–Crippen MR) is 431 cm³/mol. The predicted octanol–water partition coefficient (Wildman–Crippen LogP) is 5.57. The number of aryl methyl sites for hydroxylation is 1. The van der Waals surface area contributed by atoms with Crippen molar-refractivity contribution in [2.24, 2.45) is 35.3 Å². The Hall–Kier alpha value is -11.1. The van der Waals surface area contributed by atoms with Crippen LogP contribution in [0, 0.1) is 36.5 Å². The second-order valence-electron chi connectivity index (χ2n) is 32.3. The molecule has 34 nitrogen and oxygen atoms in total. The fraction of sp³-hybridized carbons (Fsp3) is 0.471. The number of aliphatic hydroxyl groups is 5. The zero-order valence-electron chi connectivity index (χ0n) is 66.8. The fourth-order valence-corrected chi connectivity index (χ4v) is 17.4. The molecule has 10 aliphatic rings. The molecule has 6 aliphatic heterocycles. The van der Waals surface area contributed by atoms with Crippen molar-refractivity contribution < 1.29 is 112 Å². The number of rotatable bonds is 21. The van der Waals surface area contributed by atoms with Crippen LogP contribution in [-0.4, -0.2) is 182 Å². The molecule has 4 saturated carbocycles. The Labute approximate surface area is 695 Å². The number of likely N-dealkylation sites (N-methyl/N-ethyl adjacent to an activating group) is 1. The molecule has 0 spiro atoms. The Bertz CT molecular complexity index is 4870. The second-order valence-corrected chi connectivity index (χ2v) is 32.7. The van der Waals surface area contributed by atoms with Gasteiger partial charge in [0.15, 0.2) is 11.5 Å². The number of carbonyl (C=O) groups excluding carboxylic acids is 9. The SMILES string of the molecule is CCCCOc1ccc(OCCCC)c(NC(=O)NC(=O)C[C@@H]2NC(=O)[C@H](NC(=O)[C@@H](CC(C)C)NC)[C@H](O)c3ccc(c(C)c3)Oc3cc4cc(c3O[C@@H]3O[C@H](CN)[C@@H](O)[C@H](O)[C@H]3O)Oc3ccc(cc3Cl)[C@@H](O)[C@@H]3NC(=O)[C@H](NC(=O)[C@@H]4NC2=O)c2ccc(O)c(c2)-c2c(O)cc(O)cc2[C@@H](C(=O)NC2C4CC5CC(C4)CC2C5)NC3=O)c1. The van der Waals surface area contributed by atoms with E-state index in [0.29, 0.717) is 37.0 Å². The maximum absolute atomic E-state index is 16.5. The lowest BCUT2D eigenvalue weighted by molar-refractivity contribution is -0.270. The third-order valence-corrected chi connectivity index (χ3v) is 23.5. The molecule has 6 heterocycles. The van der Waals surface area contributed by atoms with Gasteiger partial charge in [0.25, 0.3) is 0 Å². The average Bonchev–Trinajstić information content (AvgIpc) is 0.754. The van der Waals surface area contributed by atoms with E-state index >= 15 is 28.8 Å². The fourth-order valence-electron chi connectivity index (χ4n) is 17.2. The van der Waals surface area contributed by atoms with Gasteiger partial charge in [-0.1, -0.05) is 70.3 Å². The van der Waals surface area contributed by atoms with Gasteiger partial charge in [-0.05, 0) is 195 Å². The van der Waals surface area contributed by atoms with Crippen LogP contribution in [0.25, 0.3) is 11.1 Å². The second kappa shape index (κ2) is 37.3. The summed E-state index contributed by atoms with van der Waals surface area (Å²) in [5.41, 5.74) is 4.31. The number of anilines is 1. The molecule has 5 fully saturated rings. The lowest BCUT2D eigenvalue weighted by Crippen LogP contribution is -2.60. The van der Waals surface area contributed by atoms with Crippen LogP contribution in [0.2, 0.25) is 5.02 Å². The summed E-state index contributed by atoms with van der Waals surface area (Å²) in [6.45, 7) is 9.21. The molecule has 120 heavy (non-hydrogen) atoms. The Morgan fingerprint density at radius 3 is 1.93 bits per heavy atom. The first kappa shape index (κ1) is 86.8. The minimum absolute atomic E-state index is 0.0464. The summed E-state index contributed by atoms with van der Waals surface area (Å²) in [4.78, 5) is 139. The number of hydrogen-bond donors (Lipinski definition) is 19. The first-order valence-corrected chi connectivity index (χ1v) is 40.8. The number of aliphatic hydroxyl groups excluding tert-OH is 5. The highest BCUT2D eigenvalue weighted by Crippen LogP contribution is 2.55. The van der Waals surface area contributed by atoms with E-state index in [4.69, 9.17) is 45.8 Å². The molecule has 6 aromatic carbocycles. The minimum Gasteiger partial charge on any atom is -0.508 e. The number of nitrogens with one attached hydrogen (secondary N) is 10. The number of fused-ring (bicyclic) bond motifs is 15. The molecule has 0 aromatic heterocycles. The van der Waals surface area contributed by atoms with Gasteiger partial charge in [-0.15, -0.1) is 0 Å². The van der Waals surface area contributed by atoms with Crippen LogP contribution in [0.15, 0.2) is 97.1 Å². The van der Waals surface area contributed by atoms with Gasteiger partial charge in [-0.3, -0.25) is 43.7 Å². The summed E-state index contributed by atoms with van der Waals surface area (Å²) in [5, 5.41) is 121. The number of carbonyl (C=O) groups is 9. The van der Waals surface area contributed by atoms with Crippen molar-refractivity contribution in [3.05, 3.63) is 135 Å². The number of imide groups is 1. The van der Waals surface area contributed by atoms with Crippen molar-refractivity contribution in [2.75, 3.05) is 32.1 Å². The van der Waals surface area contributed by atoms with Crippen molar-refractivity contribution >= 4 is 70.6 Å². The van der Waals surface area contributed by atoms with Crippen LogP contribution < -0.4 is 82.6 Å². The molecule has 1 saturated heterocycles. The van der Waals surface area contributed by atoms with Crippen molar-refractivity contribution in [1.29, 1.82) is 0 Å². The quantitative estimate of drug-likeness (QED) is 0.0392. The van der Waals surface area contributed by atoms with Gasteiger partial charge >= 0.3 is 6.03 Å². The van der Waals surface area contributed by atoms with E-state index in [0.717, 1.165) is 93.5 Å². The average molecular weight is 1680 g/mol. The number of aromatic hydroxyl groups is 3. The highest BCUT2D eigenvalue weighted by Gasteiger charge is 2.51. The van der Waals surface area contributed by atoms with Gasteiger partial charge in [0, 0.05) is 35.8 Å². The number of urea groups is 1. The monoisotopic (exact) mass is 1680 g/mol. The number of unbranched alkanes of at least 4 members (excludes halogenated alkanes) is 2. The number of phenolic OH excluding ortho intramolecular Hbond substituents is 3. The topological polar surface area (TPSA) is 517 Å². The van der Waals surface area contributed by atoms with E-state index in [1.54, 1.807) is 12.1 Å². The maximum Gasteiger partial charge on any atom is 0.325 e. The molecular weight excluding hydrogens is 1580 g/mol. The number of benzene rings is 6. The Morgan fingerprint density at radius 2 is 1.27 bits per heavy atom. The first-order chi connectivity index (χ1) is 57.4. The van der Waals surface area contributed by atoms with Crippen molar-refractivity contribution in [2.45, 2.75) is 196 Å². The normalized spacial score (nSPS) is 27.2. The zero-order valence-corrected chi connectivity index (χ0v) is 67.6. The standard InChI is InChI=1S/C85H102ClN11O23/c1-7-9-19-115-48-14-18-59(116-20-10-8-2)52(34-48)90-85(114)91-63(101)35-54-78(108)93-67-46-30-60(117-57-16-12-42(22-38(57)5)71(102)69(82(112)89-54)96-77(107)53(88-6)21-37(3)4)76(120-84-75(106)74(105)73(104)62(36-87)119-84)61(31-46)118-58-17-13-43(29-51(58)86)72(103)70-83(113)95-68(81(111)92-65-44-24-39-23-40(26-44)27-45(65)25-39)50-32-47(98)33-56(100)64(50)49-28-41(11-15-55(49)99)66(79(109)97-70)94-80(67)110/h11-18,22,28-34,37,39-40,44-45,53-54,62,65-75,84,88,98-100,102-106H,7-10,19-21,23-27,35-36,87H2,1-6H3,(H,89,112)(H,92,111)(H,93,108)(H,94,110)(H,95,113)(H,96,107)(H,97,109)(H2,90,91,101,114)/t39?,40?,44?,45?,53-,54+,62-,65?,66-,67-,68+,69-,70+,71-,72-,73-,74+,75-,84+/m1/s1. The molecule has 14 atom stereocenters. The Morgan fingerprint density at radius 1 is 0.633 bits per heavy atom. The van der Waals surface area contributed by atoms with Gasteiger partial charge in [0.05, 0.1) is 36.4 Å². The van der Waals surface area contributed by atoms with Gasteiger partial charge in [0.2, 0.25) is 59.3 Å². The lowest BCUT2D eigenvalue weighted by Gasteiger charge is -2.54. The van der Waals surface area contributed by atoms with E-state index in [9.17, 15) is 55.2 Å². The number of amides is 10. The van der Waals surface area contributed by atoms with E-state index in [1.807, 2.05) is 27.7 Å². The summed E-state index contributed by atoms with van der Waals surface area (Å²) >= 11 is 7.21. The van der Waals surface area contributed by atoms with Crippen molar-refractivity contribution in [3.63, 3.8) is 0 Å². The molecule has 10 amide bonds. The smallest absolute Gasteiger partial charge is 0.325 e. The largest absolute Gasteiger partial charge is 0.508 e. The lowest BCUT2D eigenvalue weighted by atomic mass is 9.54. The molecule has 35 heteroatoms. The van der Waals surface area contributed by atoms with Crippen LogP contribution in [0.1, 0.15) is 162 Å². The summed E-state index contributed by atoms with van der Waals surface area (Å²) in [6, 6.07) is 4.31. The van der Waals surface area contributed by atoms with E-state index in [-0.39, 0.29) is 104 Å². The highest BCUT2D eigenvalue weighted by molar-refractivity contribution is 6.32. The molecular formula is C85H102ClN11O23. The maximum atomic E-state index is 16.5. The number of nitrogens with two attached hydrogens (primary N) is 1. The zero-order chi connectivity index (χ0) is 85.8. The molecule has 4 aliphatic carbocycles. The highest BCUT2D eigenvalue weighted by atomic mass is 35.5. The van der Waals surface area contributed by atoms with E-state index < -0.39 is 192 Å². The molecule has 6 aromatic rings. The van der Waals surface area contributed by atoms with Gasteiger partial charge < -0.3 is 123 Å².